The molecular weight excluding hydrogens is 272 g/mol. The monoisotopic (exact) mass is 298 g/mol. The fourth-order valence-corrected chi connectivity index (χ4v) is 2.77. The first kappa shape index (κ1) is 16.2. The number of rotatable bonds is 8. The highest BCUT2D eigenvalue weighted by Crippen LogP contribution is 2.07. The molecule has 0 amide bonds. The van der Waals surface area contributed by atoms with Crippen molar-refractivity contribution >= 4 is 11.9 Å². The molecule has 0 aromatic rings. The van der Waals surface area contributed by atoms with Crippen LogP contribution in [0.4, 0.5) is 0 Å². The van der Waals surface area contributed by atoms with Crippen LogP contribution in [-0.4, -0.2) is 74.2 Å². The molecule has 2 aliphatic rings. The van der Waals surface area contributed by atoms with E-state index in [-0.39, 0.29) is 11.9 Å². The average molecular weight is 298 g/mol. The van der Waals surface area contributed by atoms with Gasteiger partial charge in [0.05, 0.1) is 26.3 Å². The SMILES string of the molecule is O=C(CN1CCCC1)OCCCOC(=O)CN1CCCC1. The first-order chi connectivity index (χ1) is 10.2. The summed E-state index contributed by atoms with van der Waals surface area (Å²) in [4.78, 5) is 27.3. The Balaban J connectivity index is 1.43. The van der Waals surface area contributed by atoms with Crippen molar-refractivity contribution in [1.82, 2.24) is 9.80 Å². The molecule has 0 unspecified atom stereocenters. The van der Waals surface area contributed by atoms with Gasteiger partial charge in [-0.25, -0.2) is 0 Å². The van der Waals surface area contributed by atoms with Crippen molar-refractivity contribution in [1.29, 1.82) is 0 Å². The van der Waals surface area contributed by atoms with Gasteiger partial charge in [0.15, 0.2) is 0 Å². The summed E-state index contributed by atoms with van der Waals surface area (Å²) in [7, 11) is 0. The molecule has 21 heavy (non-hydrogen) atoms. The van der Waals surface area contributed by atoms with Crippen LogP contribution < -0.4 is 0 Å². The summed E-state index contributed by atoms with van der Waals surface area (Å²) in [6.07, 6.45) is 5.23. The van der Waals surface area contributed by atoms with E-state index in [0.717, 1.165) is 26.2 Å². The van der Waals surface area contributed by atoms with Gasteiger partial charge in [-0.3, -0.25) is 19.4 Å². The molecule has 0 bridgehead atoms. The lowest BCUT2D eigenvalue weighted by molar-refractivity contribution is -0.147. The molecule has 0 aromatic carbocycles. The van der Waals surface area contributed by atoms with Crippen molar-refractivity contribution in [2.75, 3.05) is 52.5 Å². The summed E-state index contributed by atoms with van der Waals surface area (Å²) >= 11 is 0. The molecule has 2 aliphatic heterocycles. The zero-order chi connectivity index (χ0) is 14.9. The molecule has 2 heterocycles. The first-order valence-corrected chi connectivity index (χ1v) is 8.00. The lowest BCUT2D eigenvalue weighted by Crippen LogP contribution is -2.29. The van der Waals surface area contributed by atoms with Gasteiger partial charge >= 0.3 is 11.9 Å². The van der Waals surface area contributed by atoms with E-state index >= 15 is 0 Å². The van der Waals surface area contributed by atoms with Crippen LogP contribution in [0.1, 0.15) is 32.1 Å². The van der Waals surface area contributed by atoms with Gasteiger partial charge < -0.3 is 9.47 Å². The molecule has 0 saturated carbocycles. The maximum absolute atomic E-state index is 11.5. The molecule has 0 spiro atoms. The Labute approximate surface area is 126 Å². The van der Waals surface area contributed by atoms with Crippen molar-refractivity contribution in [2.45, 2.75) is 32.1 Å². The molecule has 0 aliphatic carbocycles. The summed E-state index contributed by atoms with van der Waals surface area (Å²) in [5, 5.41) is 0. The highest BCUT2D eigenvalue weighted by atomic mass is 16.5. The second kappa shape index (κ2) is 9.00. The maximum atomic E-state index is 11.5. The molecule has 0 N–H and O–H groups in total. The quantitative estimate of drug-likeness (QED) is 0.484. The Morgan fingerprint density at radius 2 is 1.10 bits per heavy atom. The number of ether oxygens (including phenoxy) is 2. The number of carbonyl (C=O) groups is 2. The molecule has 2 saturated heterocycles. The predicted octanol–water partition coefficient (Wildman–Crippen LogP) is 0.655. The number of hydrogen-bond donors (Lipinski definition) is 0. The molecule has 0 aromatic heterocycles. The minimum absolute atomic E-state index is 0.180. The van der Waals surface area contributed by atoms with Gasteiger partial charge in [-0.1, -0.05) is 0 Å². The molecule has 0 radical (unpaired) electrons. The van der Waals surface area contributed by atoms with Crippen LogP contribution >= 0.6 is 0 Å². The van der Waals surface area contributed by atoms with Gasteiger partial charge in [0, 0.05) is 6.42 Å². The van der Waals surface area contributed by atoms with Crippen LogP contribution in [-0.2, 0) is 19.1 Å². The van der Waals surface area contributed by atoms with Gasteiger partial charge in [-0.2, -0.15) is 0 Å². The number of nitrogens with zero attached hydrogens (tertiary/aromatic N) is 2. The van der Waals surface area contributed by atoms with E-state index in [9.17, 15) is 9.59 Å². The van der Waals surface area contributed by atoms with E-state index < -0.39 is 0 Å². The Bertz CT molecular complexity index is 305. The predicted molar refractivity (Wildman–Crippen MR) is 77.9 cm³/mol. The summed E-state index contributed by atoms with van der Waals surface area (Å²) in [6, 6.07) is 0. The third-order valence-corrected chi connectivity index (χ3v) is 3.92. The van der Waals surface area contributed by atoms with Crippen molar-refractivity contribution < 1.29 is 19.1 Å². The molecule has 6 heteroatoms. The third kappa shape index (κ3) is 6.44. The van der Waals surface area contributed by atoms with Gasteiger partial charge in [0.2, 0.25) is 0 Å². The molecule has 2 rings (SSSR count). The fraction of sp³-hybridized carbons (Fsp3) is 0.867. The summed E-state index contributed by atoms with van der Waals surface area (Å²) in [5.74, 6) is -0.361. The van der Waals surface area contributed by atoms with E-state index in [1.54, 1.807) is 0 Å². The third-order valence-electron chi connectivity index (χ3n) is 3.92. The van der Waals surface area contributed by atoms with Gasteiger partial charge in [0.25, 0.3) is 0 Å². The normalized spacial score (nSPS) is 19.8. The molecule has 6 nitrogen and oxygen atoms in total. The standard InChI is InChI=1S/C15H26N2O4/c18-14(12-16-6-1-2-7-16)20-10-5-11-21-15(19)13-17-8-3-4-9-17/h1-13H2. The molecule has 2 fully saturated rings. The molecule has 120 valence electrons. The van der Waals surface area contributed by atoms with Crippen LogP contribution in [0.3, 0.4) is 0 Å². The lowest BCUT2D eigenvalue weighted by atomic mass is 10.4. The summed E-state index contributed by atoms with van der Waals surface area (Å²) in [5.41, 5.74) is 0. The van der Waals surface area contributed by atoms with Gasteiger partial charge in [0.1, 0.15) is 0 Å². The zero-order valence-corrected chi connectivity index (χ0v) is 12.7. The van der Waals surface area contributed by atoms with E-state index in [0.29, 0.717) is 32.7 Å². The second-order valence-corrected chi connectivity index (χ2v) is 5.76. The number of hydrogen-bond acceptors (Lipinski definition) is 6. The van der Waals surface area contributed by atoms with Crippen molar-refractivity contribution in [3.05, 3.63) is 0 Å². The van der Waals surface area contributed by atoms with Gasteiger partial charge in [-0.05, 0) is 51.9 Å². The lowest BCUT2D eigenvalue weighted by Gasteiger charge is -2.14. The van der Waals surface area contributed by atoms with Crippen molar-refractivity contribution in [3.8, 4) is 0 Å². The minimum atomic E-state index is -0.180. The zero-order valence-electron chi connectivity index (χ0n) is 12.7. The van der Waals surface area contributed by atoms with Crippen LogP contribution in [0, 0.1) is 0 Å². The Kier molecular flexibility index (Phi) is 6.95. The van der Waals surface area contributed by atoms with E-state index in [4.69, 9.17) is 9.47 Å². The van der Waals surface area contributed by atoms with E-state index in [2.05, 4.69) is 9.80 Å². The van der Waals surface area contributed by atoms with E-state index in [1.165, 1.54) is 25.7 Å². The van der Waals surface area contributed by atoms with E-state index in [1.807, 2.05) is 0 Å². The second-order valence-electron chi connectivity index (χ2n) is 5.76. The Morgan fingerprint density at radius 1 is 0.714 bits per heavy atom. The van der Waals surface area contributed by atoms with Crippen molar-refractivity contribution in [2.24, 2.45) is 0 Å². The van der Waals surface area contributed by atoms with Crippen LogP contribution in [0.2, 0.25) is 0 Å². The maximum Gasteiger partial charge on any atom is 0.320 e. The smallest absolute Gasteiger partial charge is 0.320 e. The van der Waals surface area contributed by atoms with Crippen LogP contribution in [0.25, 0.3) is 0 Å². The average Bonchev–Trinajstić information content (AvgIpc) is 3.12. The number of likely N-dealkylation sites (tertiary alicyclic amines) is 2. The topological polar surface area (TPSA) is 59.1 Å². The highest BCUT2D eigenvalue weighted by molar-refractivity contribution is 5.72. The Hall–Kier alpha value is -1.14. The van der Waals surface area contributed by atoms with Gasteiger partial charge in [-0.15, -0.1) is 0 Å². The minimum Gasteiger partial charge on any atom is -0.465 e. The number of carbonyl (C=O) groups excluding carboxylic acids is 2. The van der Waals surface area contributed by atoms with Crippen LogP contribution in [0.15, 0.2) is 0 Å². The van der Waals surface area contributed by atoms with Crippen molar-refractivity contribution in [3.63, 3.8) is 0 Å². The van der Waals surface area contributed by atoms with Crippen LogP contribution in [0.5, 0.6) is 0 Å². The summed E-state index contributed by atoms with van der Waals surface area (Å²) in [6.45, 7) is 5.37. The number of esters is 2. The summed E-state index contributed by atoms with van der Waals surface area (Å²) < 4.78 is 10.3. The molecule has 0 atom stereocenters. The first-order valence-electron chi connectivity index (χ1n) is 8.00. The fourth-order valence-electron chi connectivity index (χ4n) is 2.77. The highest BCUT2D eigenvalue weighted by Gasteiger charge is 2.17. The largest absolute Gasteiger partial charge is 0.465 e. The molecular formula is C15H26N2O4. The Morgan fingerprint density at radius 3 is 1.48 bits per heavy atom.